The second kappa shape index (κ2) is 7.69. The Kier molecular flexibility index (Phi) is 5.08. The van der Waals surface area contributed by atoms with Crippen molar-refractivity contribution in [1.82, 2.24) is 4.57 Å². The fourth-order valence-corrected chi connectivity index (χ4v) is 4.06. The zero-order valence-electron chi connectivity index (χ0n) is 15.1. The predicted molar refractivity (Wildman–Crippen MR) is 104 cm³/mol. The molecule has 0 radical (unpaired) electrons. The van der Waals surface area contributed by atoms with Crippen molar-refractivity contribution in [3.63, 3.8) is 0 Å². The summed E-state index contributed by atoms with van der Waals surface area (Å²) in [4.78, 5) is 29.0. The summed E-state index contributed by atoms with van der Waals surface area (Å²) in [5, 5.41) is 0.572. The Morgan fingerprint density at radius 1 is 1.24 bits per heavy atom. The van der Waals surface area contributed by atoms with Gasteiger partial charge in [-0.3, -0.25) is 4.79 Å². The molecule has 0 saturated heterocycles. The van der Waals surface area contributed by atoms with Gasteiger partial charge >= 0.3 is 5.63 Å². The number of benzene rings is 2. The van der Waals surface area contributed by atoms with Crippen molar-refractivity contribution in [3.05, 3.63) is 74.9 Å². The predicted octanol–water partition coefficient (Wildman–Crippen LogP) is 3.47. The van der Waals surface area contributed by atoms with Crippen molar-refractivity contribution in [1.29, 1.82) is 0 Å². The minimum atomic E-state index is -0.830. The van der Waals surface area contributed by atoms with Crippen LogP contribution in [-0.4, -0.2) is 24.2 Å². The number of amides is 1. The first-order chi connectivity index (χ1) is 14.0. The molecule has 0 N–H and O–H groups in total. The number of para-hydroxylation sites is 1. The van der Waals surface area contributed by atoms with Crippen molar-refractivity contribution in [3.8, 4) is 0 Å². The van der Waals surface area contributed by atoms with Gasteiger partial charge in [0.25, 0.3) is 5.91 Å². The number of carbonyl (C=O) groups is 1. The van der Waals surface area contributed by atoms with Crippen molar-refractivity contribution >= 4 is 38.4 Å². The fourth-order valence-electron chi connectivity index (χ4n) is 2.96. The van der Waals surface area contributed by atoms with Crippen LogP contribution in [0.25, 0.3) is 21.2 Å². The summed E-state index contributed by atoms with van der Waals surface area (Å²) in [6.45, 7) is 0.416. The van der Waals surface area contributed by atoms with Crippen LogP contribution in [0.3, 0.4) is 0 Å². The molecule has 0 aliphatic heterocycles. The first kappa shape index (κ1) is 19.2. The second-order valence-electron chi connectivity index (χ2n) is 6.17. The van der Waals surface area contributed by atoms with Gasteiger partial charge in [0, 0.05) is 25.1 Å². The number of fused-ring (bicyclic) bond motifs is 2. The molecular formula is C20H14F2N2O4S. The molecule has 0 saturated carbocycles. The van der Waals surface area contributed by atoms with Crippen molar-refractivity contribution in [2.45, 2.75) is 6.54 Å². The van der Waals surface area contributed by atoms with Crippen LogP contribution in [0.15, 0.2) is 56.7 Å². The van der Waals surface area contributed by atoms with E-state index >= 15 is 0 Å². The van der Waals surface area contributed by atoms with E-state index in [4.69, 9.17) is 9.15 Å². The Bertz CT molecular complexity index is 1370. The summed E-state index contributed by atoms with van der Waals surface area (Å²) >= 11 is 0.942. The third kappa shape index (κ3) is 3.62. The van der Waals surface area contributed by atoms with Crippen LogP contribution in [0.4, 0.5) is 8.78 Å². The molecule has 2 aromatic heterocycles. The highest BCUT2D eigenvalue weighted by molar-refractivity contribution is 7.16. The van der Waals surface area contributed by atoms with Crippen LogP contribution in [-0.2, 0) is 11.3 Å². The molecule has 2 heterocycles. The highest BCUT2D eigenvalue weighted by Gasteiger charge is 2.17. The average molecular weight is 416 g/mol. The van der Waals surface area contributed by atoms with E-state index in [1.807, 2.05) is 0 Å². The molecule has 0 aliphatic rings. The van der Waals surface area contributed by atoms with Gasteiger partial charge in [-0.1, -0.05) is 29.5 Å². The molecule has 0 fully saturated rings. The smallest absolute Gasteiger partial charge is 0.349 e. The lowest BCUT2D eigenvalue weighted by atomic mass is 10.2. The van der Waals surface area contributed by atoms with E-state index in [9.17, 15) is 18.4 Å². The normalized spacial score (nSPS) is 12.2. The fraction of sp³-hybridized carbons (Fsp3) is 0.150. The lowest BCUT2D eigenvalue weighted by molar-refractivity contribution is 0.0994. The number of nitrogens with zero attached hydrogens (tertiary/aromatic N) is 2. The second-order valence-corrected chi connectivity index (χ2v) is 7.17. The Morgan fingerprint density at radius 2 is 2.03 bits per heavy atom. The van der Waals surface area contributed by atoms with Crippen LogP contribution in [0.5, 0.6) is 0 Å². The quantitative estimate of drug-likeness (QED) is 0.478. The maximum absolute atomic E-state index is 14.4. The molecule has 4 aromatic rings. The molecule has 0 aliphatic carbocycles. The molecule has 148 valence electrons. The van der Waals surface area contributed by atoms with E-state index in [2.05, 4.69) is 4.99 Å². The minimum absolute atomic E-state index is 0.116. The molecule has 1 amide bonds. The topological polar surface area (TPSA) is 73.8 Å². The third-order valence-corrected chi connectivity index (χ3v) is 5.31. The number of rotatable bonds is 4. The molecule has 4 rings (SSSR count). The molecule has 0 unspecified atom stereocenters. The van der Waals surface area contributed by atoms with E-state index < -0.39 is 23.2 Å². The summed E-state index contributed by atoms with van der Waals surface area (Å²) in [7, 11) is 1.48. The van der Waals surface area contributed by atoms with Gasteiger partial charge in [-0.2, -0.15) is 4.99 Å². The van der Waals surface area contributed by atoms with Crippen molar-refractivity contribution < 1.29 is 22.7 Å². The van der Waals surface area contributed by atoms with E-state index in [-0.39, 0.29) is 33.7 Å². The standard InChI is InChI=1S/C20H14F2N2O4S/c1-27-7-6-24-17-14(22)9-12(21)10-16(17)29-20(24)23-18(25)13-8-11-4-2-3-5-15(11)28-19(13)26/h2-5,8-10H,6-7H2,1H3. The van der Waals surface area contributed by atoms with Gasteiger partial charge in [-0.15, -0.1) is 0 Å². The van der Waals surface area contributed by atoms with E-state index in [0.717, 1.165) is 17.4 Å². The Labute approximate surface area is 166 Å². The van der Waals surface area contributed by atoms with Gasteiger partial charge in [0.2, 0.25) is 0 Å². The largest absolute Gasteiger partial charge is 0.422 e. The van der Waals surface area contributed by atoms with Crippen molar-refractivity contribution in [2.24, 2.45) is 4.99 Å². The Balaban J connectivity index is 1.89. The lowest BCUT2D eigenvalue weighted by Gasteiger charge is -2.05. The summed E-state index contributed by atoms with van der Waals surface area (Å²) in [5.74, 6) is -2.34. The van der Waals surface area contributed by atoms with Crippen LogP contribution >= 0.6 is 11.3 Å². The van der Waals surface area contributed by atoms with Crippen LogP contribution in [0.2, 0.25) is 0 Å². The van der Waals surface area contributed by atoms with Gasteiger partial charge in [0.15, 0.2) is 10.6 Å². The van der Waals surface area contributed by atoms with Crippen LogP contribution < -0.4 is 10.4 Å². The number of hydrogen-bond donors (Lipinski definition) is 0. The Morgan fingerprint density at radius 3 is 2.83 bits per heavy atom. The van der Waals surface area contributed by atoms with Gasteiger partial charge in [-0.05, 0) is 18.2 Å². The van der Waals surface area contributed by atoms with Gasteiger partial charge in [0.05, 0.1) is 16.8 Å². The van der Waals surface area contributed by atoms with Gasteiger partial charge < -0.3 is 13.7 Å². The molecule has 29 heavy (non-hydrogen) atoms. The summed E-state index contributed by atoms with van der Waals surface area (Å²) in [6, 6.07) is 10.1. The van der Waals surface area contributed by atoms with E-state index in [1.54, 1.807) is 24.3 Å². The highest BCUT2D eigenvalue weighted by atomic mass is 32.1. The summed E-state index contributed by atoms with van der Waals surface area (Å²) < 4.78 is 39.9. The first-order valence-electron chi connectivity index (χ1n) is 8.57. The maximum atomic E-state index is 14.4. The number of thiazole rings is 1. The number of hydrogen-bond acceptors (Lipinski definition) is 5. The monoisotopic (exact) mass is 416 g/mol. The zero-order valence-corrected chi connectivity index (χ0v) is 16.0. The highest BCUT2D eigenvalue weighted by Crippen LogP contribution is 2.22. The summed E-state index contributed by atoms with van der Waals surface area (Å²) in [5.41, 5.74) is -0.598. The molecular weight excluding hydrogens is 402 g/mol. The Hall–Kier alpha value is -3.17. The average Bonchev–Trinajstić information content (AvgIpc) is 3.02. The van der Waals surface area contributed by atoms with E-state index in [0.29, 0.717) is 11.0 Å². The zero-order chi connectivity index (χ0) is 20.5. The minimum Gasteiger partial charge on any atom is -0.422 e. The first-order valence-corrected chi connectivity index (χ1v) is 9.39. The molecule has 0 atom stereocenters. The van der Waals surface area contributed by atoms with Crippen LogP contribution in [0, 0.1) is 11.6 Å². The van der Waals surface area contributed by atoms with Crippen molar-refractivity contribution in [2.75, 3.05) is 13.7 Å². The molecule has 2 aromatic carbocycles. The maximum Gasteiger partial charge on any atom is 0.349 e. The number of carbonyl (C=O) groups excluding carboxylic acids is 1. The molecule has 6 nitrogen and oxygen atoms in total. The van der Waals surface area contributed by atoms with Gasteiger partial charge in [-0.25, -0.2) is 13.6 Å². The number of aromatic nitrogens is 1. The number of halogens is 2. The SMILES string of the molecule is COCCn1c(=NC(=O)c2cc3ccccc3oc2=O)sc2cc(F)cc(F)c21. The number of ether oxygens (including phenoxy) is 1. The van der Waals surface area contributed by atoms with E-state index in [1.165, 1.54) is 23.8 Å². The third-order valence-electron chi connectivity index (χ3n) is 4.28. The molecule has 9 heteroatoms. The molecule has 0 bridgehead atoms. The number of methoxy groups -OCH3 is 1. The van der Waals surface area contributed by atoms with Crippen LogP contribution in [0.1, 0.15) is 10.4 Å². The summed E-state index contributed by atoms with van der Waals surface area (Å²) in [6.07, 6.45) is 0. The lowest BCUT2D eigenvalue weighted by Crippen LogP contribution is -2.21. The van der Waals surface area contributed by atoms with Gasteiger partial charge in [0.1, 0.15) is 17.0 Å². The molecule has 0 spiro atoms.